The highest BCUT2D eigenvalue weighted by Gasteiger charge is 2.43. The molecule has 264 valence electrons. The fourth-order valence-electron chi connectivity index (χ4n) is 4.94. The van der Waals surface area contributed by atoms with Gasteiger partial charge >= 0.3 is 17.9 Å². The number of hydrogen-bond acceptors (Lipinski definition) is 11. The zero-order valence-corrected chi connectivity index (χ0v) is 28.0. The highest BCUT2D eigenvalue weighted by molar-refractivity contribution is 6.38. The van der Waals surface area contributed by atoms with Crippen LogP contribution in [0.2, 0.25) is 0 Å². The molecule has 14 nitrogen and oxygen atoms in total. The topological polar surface area (TPSA) is 184 Å². The van der Waals surface area contributed by atoms with E-state index in [9.17, 15) is 28.8 Å². The predicted molar refractivity (Wildman–Crippen MR) is 175 cm³/mol. The van der Waals surface area contributed by atoms with E-state index in [2.05, 4.69) is 11.9 Å². The van der Waals surface area contributed by atoms with E-state index in [0.717, 1.165) is 16.5 Å². The largest absolute Gasteiger partial charge is 0.493 e. The number of anilines is 1. The molecule has 0 radical (unpaired) electrons. The van der Waals surface area contributed by atoms with E-state index in [-0.39, 0.29) is 45.6 Å². The summed E-state index contributed by atoms with van der Waals surface area (Å²) >= 11 is 0. The molecule has 1 saturated heterocycles. The number of ketones is 1. The second-order valence-electron chi connectivity index (χ2n) is 11.8. The van der Waals surface area contributed by atoms with E-state index >= 15 is 0 Å². The fraction of sp³-hybridized carbons (Fsp3) is 0.429. The number of aryl methyl sites for hydroxylation is 1. The third-order valence-corrected chi connectivity index (χ3v) is 7.72. The molecule has 14 heteroatoms. The molecule has 0 saturated carbocycles. The van der Waals surface area contributed by atoms with Gasteiger partial charge in [0.25, 0.3) is 5.91 Å². The average Bonchev–Trinajstić information content (AvgIpc) is 3.10. The SMILES string of the molecule is C=CC(=O)OCC(C)(C)C(=O)C(=O)N1CCOC[C@H]1C(=O)O[C@H](CCc1ccc(OC)c(OC)c1)c1cccc(NC(=O)CCC(=O)O)c1. The molecule has 2 amide bonds. The Morgan fingerprint density at radius 1 is 1.06 bits per heavy atom. The summed E-state index contributed by atoms with van der Waals surface area (Å²) in [6.45, 7) is 5.66. The zero-order valence-electron chi connectivity index (χ0n) is 28.0. The van der Waals surface area contributed by atoms with Gasteiger partial charge in [-0.2, -0.15) is 0 Å². The van der Waals surface area contributed by atoms with E-state index in [1.54, 1.807) is 36.4 Å². The number of carbonyl (C=O) groups excluding carboxylic acids is 5. The lowest BCUT2D eigenvalue weighted by molar-refractivity contribution is -0.170. The molecular weight excluding hydrogens is 640 g/mol. The molecule has 2 N–H and O–H groups in total. The van der Waals surface area contributed by atoms with E-state index in [4.69, 9.17) is 28.8 Å². The van der Waals surface area contributed by atoms with E-state index in [1.165, 1.54) is 28.1 Å². The third kappa shape index (κ3) is 10.9. The Hall–Kier alpha value is -5.24. The summed E-state index contributed by atoms with van der Waals surface area (Å²) in [6, 6.07) is 10.7. The fourth-order valence-corrected chi connectivity index (χ4v) is 4.94. The monoisotopic (exact) mass is 682 g/mol. The molecule has 0 unspecified atom stereocenters. The van der Waals surface area contributed by atoms with Gasteiger partial charge in [0, 0.05) is 24.7 Å². The minimum Gasteiger partial charge on any atom is -0.493 e. The number of amides is 2. The molecule has 2 aromatic carbocycles. The van der Waals surface area contributed by atoms with E-state index < -0.39 is 53.1 Å². The number of methoxy groups -OCH3 is 2. The Labute approximate surface area is 284 Å². The maximum Gasteiger partial charge on any atom is 0.331 e. The number of hydrogen-bond donors (Lipinski definition) is 2. The van der Waals surface area contributed by atoms with Crippen LogP contribution in [-0.2, 0) is 49.4 Å². The van der Waals surface area contributed by atoms with Gasteiger partial charge in [-0.1, -0.05) is 24.8 Å². The number of morpholine rings is 1. The van der Waals surface area contributed by atoms with Crippen LogP contribution in [0.1, 0.15) is 50.3 Å². The molecule has 1 heterocycles. The number of carboxylic acid groups (broad SMARTS) is 1. The van der Waals surface area contributed by atoms with Crippen LogP contribution in [-0.4, -0.2) is 92.1 Å². The van der Waals surface area contributed by atoms with Crippen molar-refractivity contribution >= 4 is 41.2 Å². The smallest absolute Gasteiger partial charge is 0.331 e. The van der Waals surface area contributed by atoms with E-state index in [1.807, 2.05) is 6.07 Å². The molecular formula is C35H42N2O12. The third-order valence-electron chi connectivity index (χ3n) is 7.72. The van der Waals surface area contributed by atoms with Gasteiger partial charge in [0.15, 0.2) is 17.5 Å². The Morgan fingerprint density at radius 3 is 2.47 bits per heavy atom. The number of esters is 2. The Kier molecular flexibility index (Phi) is 13.9. The Morgan fingerprint density at radius 2 is 1.80 bits per heavy atom. The van der Waals surface area contributed by atoms with Crippen LogP contribution in [0, 0.1) is 5.41 Å². The maximum atomic E-state index is 13.8. The first-order valence-electron chi connectivity index (χ1n) is 15.5. The first-order chi connectivity index (χ1) is 23.3. The molecule has 1 aliphatic rings. The quantitative estimate of drug-likeness (QED) is 0.141. The highest BCUT2D eigenvalue weighted by atomic mass is 16.6. The number of nitrogens with one attached hydrogen (secondary N) is 1. The van der Waals surface area contributed by atoms with Crippen molar-refractivity contribution < 1.29 is 57.6 Å². The van der Waals surface area contributed by atoms with Crippen LogP contribution in [0.25, 0.3) is 0 Å². The lowest BCUT2D eigenvalue weighted by Gasteiger charge is -2.36. The Bertz CT molecular complexity index is 1550. The van der Waals surface area contributed by atoms with Gasteiger partial charge in [-0.05, 0) is 62.1 Å². The first kappa shape index (κ1) is 38.2. The van der Waals surface area contributed by atoms with Crippen molar-refractivity contribution in [3.8, 4) is 11.5 Å². The summed E-state index contributed by atoms with van der Waals surface area (Å²) in [4.78, 5) is 76.4. The summed E-state index contributed by atoms with van der Waals surface area (Å²) < 4.78 is 27.3. The minimum atomic E-state index is -1.39. The second kappa shape index (κ2) is 17.8. The minimum absolute atomic E-state index is 0.0545. The van der Waals surface area contributed by atoms with Crippen molar-refractivity contribution in [2.75, 3.05) is 45.9 Å². The summed E-state index contributed by atoms with van der Waals surface area (Å²) in [5.74, 6) is -3.92. The van der Waals surface area contributed by atoms with Crippen molar-refractivity contribution in [3.63, 3.8) is 0 Å². The van der Waals surface area contributed by atoms with Crippen molar-refractivity contribution in [3.05, 3.63) is 66.2 Å². The summed E-state index contributed by atoms with van der Waals surface area (Å²) in [5.41, 5.74) is 0.336. The Balaban J connectivity index is 1.86. The number of aliphatic carboxylic acids is 1. The van der Waals surface area contributed by atoms with Gasteiger partial charge in [0.05, 0.1) is 39.3 Å². The molecule has 0 aliphatic carbocycles. The van der Waals surface area contributed by atoms with Crippen LogP contribution < -0.4 is 14.8 Å². The first-order valence-corrected chi connectivity index (χ1v) is 15.5. The summed E-state index contributed by atoms with van der Waals surface area (Å²) in [7, 11) is 3.04. The van der Waals surface area contributed by atoms with Crippen LogP contribution >= 0.6 is 0 Å². The molecule has 0 spiro atoms. The van der Waals surface area contributed by atoms with Crippen molar-refractivity contribution in [2.45, 2.75) is 51.7 Å². The maximum absolute atomic E-state index is 13.8. The molecule has 2 atom stereocenters. The highest BCUT2D eigenvalue weighted by Crippen LogP contribution is 2.31. The van der Waals surface area contributed by atoms with E-state index in [0.29, 0.717) is 29.2 Å². The molecule has 0 bridgehead atoms. The van der Waals surface area contributed by atoms with Crippen LogP contribution in [0.3, 0.4) is 0 Å². The van der Waals surface area contributed by atoms with Gasteiger partial charge in [0.1, 0.15) is 12.7 Å². The molecule has 2 aromatic rings. The number of Topliss-reactive ketones (excluding diaryl/α,β-unsaturated/α-hetero) is 1. The van der Waals surface area contributed by atoms with Crippen molar-refractivity contribution in [1.82, 2.24) is 4.90 Å². The second-order valence-corrected chi connectivity index (χ2v) is 11.8. The summed E-state index contributed by atoms with van der Waals surface area (Å²) in [6.07, 6.45) is 0.166. The molecule has 1 aliphatic heterocycles. The normalized spacial score (nSPS) is 14.9. The average molecular weight is 683 g/mol. The van der Waals surface area contributed by atoms with Crippen LogP contribution in [0.5, 0.6) is 11.5 Å². The number of nitrogens with zero attached hydrogens (tertiary/aromatic N) is 1. The summed E-state index contributed by atoms with van der Waals surface area (Å²) in [5, 5.41) is 11.6. The van der Waals surface area contributed by atoms with Gasteiger partial charge in [-0.3, -0.25) is 19.2 Å². The lowest BCUT2D eigenvalue weighted by Crippen LogP contribution is -2.57. The molecule has 3 rings (SSSR count). The molecule has 0 aromatic heterocycles. The molecule has 1 fully saturated rings. The number of carboxylic acids is 1. The van der Waals surface area contributed by atoms with Gasteiger partial charge < -0.3 is 39.0 Å². The van der Waals surface area contributed by atoms with Gasteiger partial charge in [-0.15, -0.1) is 0 Å². The number of ether oxygens (including phenoxy) is 5. The predicted octanol–water partition coefficient (Wildman–Crippen LogP) is 3.28. The lowest BCUT2D eigenvalue weighted by atomic mass is 9.88. The van der Waals surface area contributed by atoms with Crippen LogP contribution in [0.4, 0.5) is 5.69 Å². The molecule has 49 heavy (non-hydrogen) atoms. The van der Waals surface area contributed by atoms with Crippen LogP contribution in [0.15, 0.2) is 55.1 Å². The van der Waals surface area contributed by atoms with Crippen molar-refractivity contribution in [1.29, 1.82) is 0 Å². The number of benzene rings is 2. The number of carbonyl (C=O) groups is 6. The van der Waals surface area contributed by atoms with Gasteiger partial charge in [-0.25, -0.2) is 9.59 Å². The standard InChI is InChI=1S/C35H42N2O12/c1-6-31(41)48-21-35(2,3)32(42)33(43)37-16-17-47-20-25(37)34(44)49-26(12-10-22-11-13-27(45-4)28(18-22)46-5)23-8-7-9-24(19-23)36-29(38)14-15-30(39)40/h6-9,11,13,18-19,25-26H,1,10,12,14-17,20-21H2,2-5H3,(H,36,38)(H,39,40)/t25-,26+/m0/s1. The van der Waals surface area contributed by atoms with Gasteiger partial charge in [0.2, 0.25) is 11.7 Å². The number of rotatable bonds is 17. The van der Waals surface area contributed by atoms with Crippen molar-refractivity contribution in [2.24, 2.45) is 5.41 Å². The zero-order chi connectivity index (χ0) is 36.1.